The first kappa shape index (κ1) is 18.9. The van der Waals surface area contributed by atoms with Gasteiger partial charge in [-0.2, -0.15) is 10.2 Å². The van der Waals surface area contributed by atoms with E-state index in [0.717, 1.165) is 5.56 Å². The summed E-state index contributed by atoms with van der Waals surface area (Å²) in [7, 11) is 0. The highest BCUT2D eigenvalue weighted by Crippen LogP contribution is 2.27. The van der Waals surface area contributed by atoms with Gasteiger partial charge in [-0.15, -0.1) is 0 Å². The highest BCUT2D eigenvalue weighted by Gasteiger charge is 2.14. The Hall–Kier alpha value is -3.48. The number of phenols is 1. The normalized spacial score (nSPS) is 10.7. The molecule has 0 saturated carbocycles. The van der Waals surface area contributed by atoms with Crippen molar-refractivity contribution in [2.75, 3.05) is 0 Å². The van der Waals surface area contributed by atoms with Crippen LogP contribution in [0.3, 0.4) is 0 Å². The number of hydrogen-bond acceptors (Lipinski definition) is 6. The van der Waals surface area contributed by atoms with E-state index in [4.69, 9.17) is 9.84 Å². The van der Waals surface area contributed by atoms with Crippen molar-refractivity contribution in [3.05, 3.63) is 65.9 Å². The summed E-state index contributed by atoms with van der Waals surface area (Å²) in [6, 6.07) is 11.2. The number of esters is 1. The number of phenolic OH excluding ortho intramolecular Hbond substituents is 1. The summed E-state index contributed by atoms with van der Waals surface area (Å²) < 4.78 is 4.89. The largest absolute Gasteiger partial charge is 0.507 e. The number of ether oxygens (including phenoxy) is 1. The average Bonchev–Trinajstić information content (AvgIpc) is 2.59. The first-order valence-corrected chi connectivity index (χ1v) is 7.79. The van der Waals surface area contributed by atoms with Gasteiger partial charge in [-0.25, -0.2) is 4.79 Å². The lowest BCUT2D eigenvalue weighted by Crippen LogP contribution is -2.03. The second kappa shape index (κ2) is 8.57. The van der Waals surface area contributed by atoms with Crippen molar-refractivity contribution >= 4 is 23.3 Å². The standard InChI is InChI=1S/C19H18N2O5/c1-12(2)26-19(25)15-11-14(8-9-17(15)22)20-21-16-6-4-3-5-13(16)7-10-18(23)24/h3-6,8-9,11,22H,1,7,10H2,2H3,(H,23,24)/b21-20+. The summed E-state index contributed by atoms with van der Waals surface area (Å²) in [4.78, 5) is 22.7. The molecule has 0 amide bonds. The summed E-state index contributed by atoms with van der Waals surface area (Å²) in [5.41, 5.74) is 1.57. The van der Waals surface area contributed by atoms with Gasteiger partial charge in [0.1, 0.15) is 11.3 Å². The van der Waals surface area contributed by atoms with Crippen LogP contribution in [-0.4, -0.2) is 22.2 Å². The molecule has 7 nitrogen and oxygen atoms in total. The smallest absolute Gasteiger partial charge is 0.347 e. The van der Waals surface area contributed by atoms with E-state index >= 15 is 0 Å². The highest BCUT2D eigenvalue weighted by atomic mass is 16.5. The molecule has 134 valence electrons. The molecule has 0 heterocycles. The maximum absolute atomic E-state index is 11.9. The molecule has 0 atom stereocenters. The number of carboxylic acids is 1. The van der Waals surface area contributed by atoms with Gasteiger partial charge in [0.05, 0.1) is 17.1 Å². The van der Waals surface area contributed by atoms with E-state index in [-0.39, 0.29) is 23.5 Å². The predicted octanol–water partition coefficient (Wildman–Crippen LogP) is 4.52. The Balaban J connectivity index is 2.25. The Bertz CT molecular complexity index is 874. The van der Waals surface area contributed by atoms with Crippen LogP contribution in [0.25, 0.3) is 0 Å². The number of azo groups is 1. The number of aromatic hydroxyl groups is 1. The first-order chi connectivity index (χ1) is 12.4. The van der Waals surface area contributed by atoms with E-state index in [2.05, 4.69) is 16.8 Å². The van der Waals surface area contributed by atoms with Crippen LogP contribution in [0.1, 0.15) is 29.3 Å². The highest BCUT2D eigenvalue weighted by molar-refractivity contribution is 5.93. The molecule has 26 heavy (non-hydrogen) atoms. The molecule has 0 fully saturated rings. The molecule has 0 aliphatic rings. The van der Waals surface area contributed by atoms with E-state index in [9.17, 15) is 14.7 Å². The Morgan fingerprint density at radius 1 is 1.15 bits per heavy atom. The fraction of sp³-hybridized carbons (Fsp3) is 0.158. The summed E-state index contributed by atoms with van der Waals surface area (Å²) >= 11 is 0. The number of benzene rings is 2. The van der Waals surface area contributed by atoms with Gasteiger partial charge in [0, 0.05) is 6.42 Å². The number of carboxylic acid groups (broad SMARTS) is 1. The van der Waals surface area contributed by atoms with Crippen molar-refractivity contribution in [3.63, 3.8) is 0 Å². The minimum Gasteiger partial charge on any atom is -0.507 e. The summed E-state index contributed by atoms with van der Waals surface area (Å²) in [6.07, 6.45) is 0.318. The lowest BCUT2D eigenvalue weighted by Gasteiger charge is -2.06. The lowest BCUT2D eigenvalue weighted by atomic mass is 10.1. The van der Waals surface area contributed by atoms with Gasteiger partial charge in [0.25, 0.3) is 0 Å². The van der Waals surface area contributed by atoms with Gasteiger partial charge in [-0.05, 0) is 43.2 Å². The minimum absolute atomic E-state index is 0.0113. The molecule has 0 saturated heterocycles. The fourth-order valence-corrected chi connectivity index (χ4v) is 2.14. The summed E-state index contributed by atoms with van der Waals surface area (Å²) in [5.74, 6) is -1.67. The number of allylic oxidation sites excluding steroid dienone is 1. The van der Waals surface area contributed by atoms with Crippen LogP contribution < -0.4 is 0 Å². The van der Waals surface area contributed by atoms with E-state index in [1.54, 1.807) is 24.3 Å². The second-order valence-corrected chi connectivity index (χ2v) is 5.52. The number of rotatable bonds is 7. The maximum Gasteiger partial charge on any atom is 0.347 e. The first-order valence-electron chi connectivity index (χ1n) is 7.79. The molecule has 2 N–H and O–H groups in total. The van der Waals surface area contributed by atoms with Gasteiger partial charge in [-0.3, -0.25) is 4.79 Å². The molecule has 0 spiro atoms. The zero-order chi connectivity index (χ0) is 19.1. The maximum atomic E-state index is 11.9. The van der Waals surface area contributed by atoms with Crippen LogP contribution in [0.15, 0.2) is 65.0 Å². The molecular weight excluding hydrogens is 336 g/mol. The number of aliphatic carboxylic acids is 1. The number of carbonyl (C=O) groups excluding carboxylic acids is 1. The number of nitrogens with zero attached hydrogens (tertiary/aromatic N) is 2. The van der Waals surface area contributed by atoms with Crippen LogP contribution in [-0.2, 0) is 16.0 Å². The van der Waals surface area contributed by atoms with E-state index in [1.807, 2.05) is 0 Å². The Morgan fingerprint density at radius 3 is 2.58 bits per heavy atom. The van der Waals surface area contributed by atoms with Crippen molar-refractivity contribution < 1.29 is 24.5 Å². The van der Waals surface area contributed by atoms with Crippen LogP contribution in [0.4, 0.5) is 11.4 Å². The Labute approximate surface area is 150 Å². The van der Waals surface area contributed by atoms with Crippen molar-refractivity contribution in [3.8, 4) is 5.75 Å². The molecule has 2 aromatic carbocycles. The molecule has 2 rings (SSSR count). The SMILES string of the molecule is C=C(C)OC(=O)c1cc(/N=N/c2ccccc2CCC(=O)O)ccc1O. The second-order valence-electron chi connectivity index (χ2n) is 5.52. The molecule has 0 bridgehead atoms. The topological polar surface area (TPSA) is 109 Å². The molecule has 0 radical (unpaired) electrons. The van der Waals surface area contributed by atoms with Gasteiger partial charge in [0.15, 0.2) is 0 Å². The minimum atomic E-state index is -0.893. The predicted molar refractivity (Wildman–Crippen MR) is 94.9 cm³/mol. The van der Waals surface area contributed by atoms with Gasteiger partial charge < -0.3 is 14.9 Å². The van der Waals surface area contributed by atoms with Crippen molar-refractivity contribution in [1.29, 1.82) is 0 Å². The van der Waals surface area contributed by atoms with Gasteiger partial charge in [0.2, 0.25) is 0 Å². The lowest BCUT2D eigenvalue weighted by molar-refractivity contribution is -0.136. The monoisotopic (exact) mass is 354 g/mol. The van der Waals surface area contributed by atoms with Gasteiger partial charge in [-0.1, -0.05) is 24.8 Å². The van der Waals surface area contributed by atoms with Crippen LogP contribution >= 0.6 is 0 Å². The molecule has 0 aromatic heterocycles. The zero-order valence-corrected chi connectivity index (χ0v) is 14.2. The molecule has 0 aliphatic carbocycles. The molecule has 7 heteroatoms. The third-order valence-electron chi connectivity index (χ3n) is 3.34. The number of carbonyl (C=O) groups is 2. The zero-order valence-electron chi connectivity index (χ0n) is 14.2. The van der Waals surface area contributed by atoms with Crippen LogP contribution in [0.2, 0.25) is 0 Å². The van der Waals surface area contributed by atoms with E-state index in [1.165, 1.54) is 25.1 Å². The third-order valence-corrected chi connectivity index (χ3v) is 3.34. The Kier molecular flexibility index (Phi) is 6.21. The number of aryl methyl sites for hydroxylation is 1. The van der Waals surface area contributed by atoms with Gasteiger partial charge >= 0.3 is 11.9 Å². The van der Waals surface area contributed by atoms with E-state index in [0.29, 0.717) is 17.8 Å². The van der Waals surface area contributed by atoms with Crippen molar-refractivity contribution in [2.45, 2.75) is 19.8 Å². The van der Waals surface area contributed by atoms with Crippen molar-refractivity contribution in [1.82, 2.24) is 0 Å². The van der Waals surface area contributed by atoms with Crippen molar-refractivity contribution in [2.24, 2.45) is 10.2 Å². The molecule has 2 aromatic rings. The fourth-order valence-electron chi connectivity index (χ4n) is 2.14. The molecular formula is C19H18N2O5. The summed E-state index contributed by atoms with van der Waals surface area (Å²) in [5, 5.41) is 26.8. The number of hydrogen-bond donors (Lipinski definition) is 2. The van der Waals surface area contributed by atoms with Crippen LogP contribution in [0, 0.1) is 0 Å². The molecule has 0 unspecified atom stereocenters. The third kappa shape index (κ3) is 5.27. The van der Waals surface area contributed by atoms with E-state index < -0.39 is 11.9 Å². The quantitative estimate of drug-likeness (QED) is 0.432. The summed E-state index contributed by atoms with van der Waals surface area (Å²) in [6.45, 7) is 5.00. The molecule has 0 aliphatic heterocycles. The Morgan fingerprint density at radius 2 is 1.88 bits per heavy atom. The van der Waals surface area contributed by atoms with Crippen LogP contribution in [0.5, 0.6) is 5.75 Å². The average molecular weight is 354 g/mol.